The van der Waals surface area contributed by atoms with Gasteiger partial charge in [-0.1, -0.05) is 12.1 Å². The summed E-state index contributed by atoms with van der Waals surface area (Å²) in [5, 5.41) is 7.35. The Kier molecular flexibility index (Phi) is 3.35. The van der Waals surface area contributed by atoms with Crippen molar-refractivity contribution in [2.75, 3.05) is 5.32 Å². The number of hydrogen-bond acceptors (Lipinski definition) is 4. The van der Waals surface area contributed by atoms with E-state index in [0.29, 0.717) is 5.82 Å². The van der Waals surface area contributed by atoms with Crippen LogP contribution < -0.4 is 10.9 Å². The Morgan fingerprint density at radius 3 is 2.54 bits per heavy atom. The van der Waals surface area contributed by atoms with Crippen molar-refractivity contribution < 1.29 is 0 Å². The van der Waals surface area contributed by atoms with Gasteiger partial charge < -0.3 is 5.32 Å². The molecule has 6 heteroatoms. The quantitative estimate of drug-likeness (QED) is 0.631. The van der Waals surface area contributed by atoms with Gasteiger partial charge in [-0.05, 0) is 42.5 Å². The minimum atomic E-state index is -0.136. The number of aromatic nitrogens is 4. The first kappa shape index (κ1) is 14.2. The molecule has 0 spiro atoms. The number of fused-ring (bicyclic) bond motifs is 1. The van der Waals surface area contributed by atoms with Crippen molar-refractivity contribution in [3.63, 3.8) is 0 Å². The summed E-state index contributed by atoms with van der Waals surface area (Å²) in [5.74, 6) is 0.623. The summed E-state index contributed by atoms with van der Waals surface area (Å²) in [7, 11) is 1.63. The van der Waals surface area contributed by atoms with Crippen molar-refractivity contribution >= 4 is 22.5 Å². The van der Waals surface area contributed by atoms with E-state index in [2.05, 4.69) is 15.4 Å². The standard InChI is InChI=1S/C18H15N5O/c1-22-18(24)11-10-17(21-22)20-13-6-8-14(9-7-13)23-12-19-15-4-2-3-5-16(15)23/h2-12H,1H3,(H,20,21). The maximum absolute atomic E-state index is 11.4. The first-order chi connectivity index (χ1) is 11.7. The largest absolute Gasteiger partial charge is 0.339 e. The molecule has 4 rings (SSSR count). The molecule has 2 aromatic heterocycles. The minimum absolute atomic E-state index is 0.136. The molecule has 0 aliphatic heterocycles. The van der Waals surface area contributed by atoms with E-state index in [0.717, 1.165) is 22.4 Å². The minimum Gasteiger partial charge on any atom is -0.339 e. The van der Waals surface area contributed by atoms with Gasteiger partial charge in [0.1, 0.15) is 6.33 Å². The maximum atomic E-state index is 11.4. The molecule has 0 bridgehead atoms. The van der Waals surface area contributed by atoms with Crippen LogP contribution in [0.4, 0.5) is 11.5 Å². The number of aryl methyl sites for hydroxylation is 1. The van der Waals surface area contributed by atoms with E-state index in [9.17, 15) is 4.79 Å². The first-order valence-electron chi connectivity index (χ1n) is 7.55. The van der Waals surface area contributed by atoms with Gasteiger partial charge in [0.05, 0.1) is 11.0 Å². The lowest BCUT2D eigenvalue weighted by atomic mass is 10.2. The number of benzene rings is 2. The van der Waals surface area contributed by atoms with E-state index in [1.165, 1.54) is 10.7 Å². The lowest BCUT2D eigenvalue weighted by molar-refractivity contribution is 0.713. The van der Waals surface area contributed by atoms with Gasteiger partial charge in [-0.15, -0.1) is 0 Å². The van der Waals surface area contributed by atoms with Gasteiger partial charge in [0.15, 0.2) is 5.82 Å². The SMILES string of the molecule is Cn1nc(Nc2ccc(-n3cnc4ccccc43)cc2)ccc1=O. The molecule has 0 aliphatic rings. The zero-order valence-corrected chi connectivity index (χ0v) is 13.0. The van der Waals surface area contributed by atoms with Crippen molar-refractivity contribution in [2.24, 2.45) is 7.05 Å². The second-order valence-electron chi connectivity index (χ2n) is 5.46. The highest BCUT2D eigenvalue weighted by atomic mass is 16.1. The Morgan fingerprint density at radius 1 is 0.958 bits per heavy atom. The molecule has 0 atom stereocenters. The molecule has 118 valence electrons. The molecule has 0 radical (unpaired) electrons. The van der Waals surface area contributed by atoms with Gasteiger partial charge in [0.25, 0.3) is 5.56 Å². The summed E-state index contributed by atoms with van der Waals surface area (Å²) in [6.07, 6.45) is 1.82. The maximum Gasteiger partial charge on any atom is 0.266 e. The molecule has 0 aliphatic carbocycles. The second kappa shape index (κ2) is 5.66. The molecule has 24 heavy (non-hydrogen) atoms. The fraction of sp³-hybridized carbons (Fsp3) is 0.0556. The second-order valence-corrected chi connectivity index (χ2v) is 5.46. The third kappa shape index (κ3) is 2.54. The summed E-state index contributed by atoms with van der Waals surface area (Å²) in [6.45, 7) is 0. The van der Waals surface area contributed by atoms with Gasteiger partial charge in [-0.2, -0.15) is 5.10 Å². The van der Waals surface area contributed by atoms with Crippen molar-refractivity contribution in [3.05, 3.63) is 77.3 Å². The summed E-state index contributed by atoms with van der Waals surface area (Å²) < 4.78 is 3.35. The molecule has 4 aromatic rings. The van der Waals surface area contributed by atoms with E-state index >= 15 is 0 Å². The van der Waals surface area contributed by atoms with E-state index in [4.69, 9.17) is 0 Å². The summed E-state index contributed by atoms with van der Waals surface area (Å²) in [6, 6.07) is 19.1. The predicted molar refractivity (Wildman–Crippen MR) is 93.8 cm³/mol. The fourth-order valence-electron chi connectivity index (χ4n) is 2.59. The predicted octanol–water partition coefficient (Wildman–Crippen LogP) is 2.86. The molecule has 0 unspecified atom stereocenters. The molecule has 2 heterocycles. The lowest BCUT2D eigenvalue weighted by Crippen LogP contribution is -2.18. The van der Waals surface area contributed by atoms with Crippen LogP contribution in [0.25, 0.3) is 16.7 Å². The number of nitrogens with zero attached hydrogens (tertiary/aromatic N) is 4. The topological polar surface area (TPSA) is 64.7 Å². The number of rotatable bonds is 3. The van der Waals surface area contributed by atoms with E-state index in [1.54, 1.807) is 13.1 Å². The fourth-order valence-corrected chi connectivity index (χ4v) is 2.59. The normalized spacial score (nSPS) is 10.9. The van der Waals surface area contributed by atoms with E-state index in [1.807, 2.05) is 59.4 Å². The van der Waals surface area contributed by atoms with Crippen LogP contribution in [0.2, 0.25) is 0 Å². The molecule has 6 nitrogen and oxygen atoms in total. The molecular formula is C18H15N5O. The van der Waals surface area contributed by atoms with Crippen molar-refractivity contribution in [3.8, 4) is 5.69 Å². The molecule has 1 N–H and O–H groups in total. The Bertz CT molecular complexity index is 1060. The Balaban J connectivity index is 1.62. The van der Waals surface area contributed by atoms with Crippen LogP contribution in [0.15, 0.2) is 71.8 Å². The lowest BCUT2D eigenvalue weighted by Gasteiger charge is -2.08. The number of hydrogen-bond donors (Lipinski definition) is 1. The van der Waals surface area contributed by atoms with Gasteiger partial charge in [-0.25, -0.2) is 9.67 Å². The van der Waals surface area contributed by atoms with Crippen LogP contribution in [-0.4, -0.2) is 19.3 Å². The molecule has 0 amide bonds. The third-order valence-corrected chi connectivity index (χ3v) is 3.83. The smallest absolute Gasteiger partial charge is 0.266 e. The summed E-state index contributed by atoms with van der Waals surface area (Å²) in [4.78, 5) is 15.8. The Labute approximate surface area is 138 Å². The Hall–Kier alpha value is -3.41. The highest BCUT2D eigenvalue weighted by Crippen LogP contribution is 2.20. The molecule has 0 saturated carbocycles. The summed E-state index contributed by atoms with van der Waals surface area (Å²) >= 11 is 0. The number of anilines is 2. The average molecular weight is 317 g/mol. The first-order valence-corrected chi connectivity index (χ1v) is 7.55. The van der Waals surface area contributed by atoms with Crippen LogP contribution in [0.1, 0.15) is 0 Å². The highest BCUT2D eigenvalue weighted by Gasteiger charge is 2.04. The zero-order valence-electron chi connectivity index (χ0n) is 13.0. The van der Waals surface area contributed by atoms with Crippen molar-refractivity contribution in [1.29, 1.82) is 0 Å². The number of imidazole rings is 1. The van der Waals surface area contributed by atoms with Gasteiger partial charge >= 0.3 is 0 Å². The number of nitrogens with one attached hydrogen (secondary N) is 1. The van der Waals surface area contributed by atoms with Crippen LogP contribution >= 0.6 is 0 Å². The number of para-hydroxylation sites is 2. The zero-order chi connectivity index (χ0) is 16.5. The van der Waals surface area contributed by atoms with Gasteiger partial charge in [0, 0.05) is 24.5 Å². The van der Waals surface area contributed by atoms with E-state index in [-0.39, 0.29) is 5.56 Å². The molecular weight excluding hydrogens is 302 g/mol. The monoisotopic (exact) mass is 317 g/mol. The highest BCUT2D eigenvalue weighted by molar-refractivity contribution is 5.77. The van der Waals surface area contributed by atoms with Crippen LogP contribution in [0.3, 0.4) is 0 Å². The van der Waals surface area contributed by atoms with Crippen LogP contribution in [0.5, 0.6) is 0 Å². The molecule has 0 saturated heterocycles. The van der Waals surface area contributed by atoms with E-state index < -0.39 is 0 Å². The van der Waals surface area contributed by atoms with Gasteiger partial charge in [0.2, 0.25) is 0 Å². The van der Waals surface area contributed by atoms with Crippen molar-refractivity contribution in [1.82, 2.24) is 19.3 Å². The van der Waals surface area contributed by atoms with Crippen LogP contribution in [-0.2, 0) is 7.05 Å². The van der Waals surface area contributed by atoms with Gasteiger partial charge in [-0.3, -0.25) is 9.36 Å². The molecule has 2 aromatic carbocycles. The Morgan fingerprint density at radius 2 is 1.75 bits per heavy atom. The van der Waals surface area contributed by atoms with Crippen molar-refractivity contribution in [2.45, 2.75) is 0 Å². The molecule has 0 fully saturated rings. The average Bonchev–Trinajstić information content (AvgIpc) is 3.03. The summed E-state index contributed by atoms with van der Waals surface area (Å²) in [5.41, 5.74) is 3.83. The van der Waals surface area contributed by atoms with Crippen LogP contribution in [0, 0.1) is 0 Å². The third-order valence-electron chi connectivity index (χ3n) is 3.83.